The minimum atomic E-state index is -0.862. The summed E-state index contributed by atoms with van der Waals surface area (Å²) in [5, 5.41) is 23.0. The van der Waals surface area contributed by atoms with E-state index in [0.717, 1.165) is 83.5 Å². The number of ether oxygens (including phenoxy) is 1. The van der Waals surface area contributed by atoms with Gasteiger partial charge < -0.3 is 20.3 Å². The predicted molar refractivity (Wildman–Crippen MR) is 241 cm³/mol. The molecular formula is C50H93NO5. The van der Waals surface area contributed by atoms with Gasteiger partial charge in [0.05, 0.1) is 25.4 Å². The molecule has 0 fully saturated rings. The number of unbranched alkanes of at least 4 members (excludes halogenated alkanes) is 29. The van der Waals surface area contributed by atoms with Crippen molar-refractivity contribution in [2.75, 3.05) is 13.2 Å². The number of allylic oxidation sites excluding steroid dienone is 5. The molecule has 3 N–H and O–H groups in total. The lowest BCUT2D eigenvalue weighted by atomic mass is 10.0. The van der Waals surface area contributed by atoms with E-state index >= 15 is 0 Å². The van der Waals surface area contributed by atoms with Gasteiger partial charge in [-0.2, -0.15) is 0 Å². The molecule has 56 heavy (non-hydrogen) atoms. The SMILES string of the molecule is CCCCCCCC/C=C\CCCCCCCC(=O)OCCCC/C=C\CCCCCCCC(=O)NC(CO)C(O)/C=C/CCCCCCCCCCCCC. The maximum atomic E-state index is 12.4. The zero-order chi connectivity index (χ0) is 40.8. The average Bonchev–Trinajstić information content (AvgIpc) is 3.20. The molecule has 0 saturated carbocycles. The Labute approximate surface area is 347 Å². The lowest BCUT2D eigenvalue weighted by molar-refractivity contribution is -0.143. The first kappa shape index (κ1) is 54.1. The number of rotatable bonds is 44. The van der Waals surface area contributed by atoms with E-state index in [2.05, 4.69) is 43.5 Å². The van der Waals surface area contributed by atoms with Crippen molar-refractivity contribution in [2.45, 2.75) is 257 Å². The van der Waals surface area contributed by atoms with Crippen LogP contribution in [-0.2, 0) is 14.3 Å². The smallest absolute Gasteiger partial charge is 0.305 e. The summed E-state index contributed by atoms with van der Waals surface area (Å²) in [4.78, 5) is 24.4. The molecule has 6 nitrogen and oxygen atoms in total. The van der Waals surface area contributed by atoms with Crippen LogP contribution in [0, 0.1) is 0 Å². The fourth-order valence-corrected chi connectivity index (χ4v) is 7.09. The lowest BCUT2D eigenvalue weighted by Crippen LogP contribution is -2.45. The first-order chi connectivity index (χ1) is 27.5. The monoisotopic (exact) mass is 788 g/mol. The van der Waals surface area contributed by atoms with Gasteiger partial charge in [0, 0.05) is 12.8 Å². The van der Waals surface area contributed by atoms with Gasteiger partial charge in [-0.25, -0.2) is 0 Å². The number of aliphatic hydroxyl groups is 2. The van der Waals surface area contributed by atoms with Gasteiger partial charge in [-0.05, 0) is 83.5 Å². The Bertz CT molecular complexity index is 915. The van der Waals surface area contributed by atoms with Crippen LogP contribution in [0.3, 0.4) is 0 Å². The molecule has 0 spiro atoms. The standard InChI is InChI=1S/C50H93NO5/c1-3-5-7-9-11-13-15-17-18-20-24-28-32-36-40-44-50(55)56-45-41-37-33-29-25-21-23-27-31-35-39-43-49(54)51-47(46-52)48(53)42-38-34-30-26-22-19-16-14-12-10-8-6-4-2/h17-18,25,29,38,42,47-48,52-53H,3-16,19-24,26-28,30-37,39-41,43-46H2,1-2H3,(H,51,54)/b18-17-,29-25-,42-38+. The van der Waals surface area contributed by atoms with Crippen molar-refractivity contribution in [3.05, 3.63) is 36.5 Å². The highest BCUT2D eigenvalue weighted by atomic mass is 16.5. The summed E-state index contributed by atoms with van der Waals surface area (Å²) in [6.07, 6.45) is 54.2. The van der Waals surface area contributed by atoms with Gasteiger partial charge in [-0.3, -0.25) is 9.59 Å². The molecule has 0 bridgehead atoms. The third-order valence-corrected chi connectivity index (χ3v) is 10.9. The van der Waals surface area contributed by atoms with Gasteiger partial charge in [-0.15, -0.1) is 0 Å². The normalized spacial score (nSPS) is 13.0. The fourth-order valence-electron chi connectivity index (χ4n) is 7.09. The number of hydrogen-bond acceptors (Lipinski definition) is 5. The number of amides is 1. The Morgan fingerprint density at radius 1 is 0.482 bits per heavy atom. The number of nitrogens with one attached hydrogen (secondary N) is 1. The van der Waals surface area contributed by atoms with Crippen LogP contribution in [-0.4, -0.2) is 47.4 Å². The number of carbonyl (C=O) groups excluding carboxylic acids is 2. The molecule has 2 atom stereocenters. The summed E-state index contributed by atoms with van der Waals surface area (Å²) in [7, 11) is 0. The third-order valence-electron chi connectivity index (χ3n) is 10.9. The second-order valence-electron chi connectivity index (χ2n) is 16.4. The summed E-state index contributed by atoms with van der Waals surface area (Å²) in [5.41, 5.74) is 0. The van der Waals surface area contributed by atoms with Gasteiger partial charge in [-0.1, -0.05) is 185 Å². The molecule has 0 saturated heterocycles. The minimum Gasteiger partial charge on any atom is -0.466 e. The van der Waals surface area contributed by atoms with E-state index in [1.165, 1.54) is 135 Å². The molecule has 0 rings (SSSR count). The molecule has 0 heterocycles. The quantitative estimate of drug-likeness (QED) is 0.0325. The number of carbonyl (C=O) groups is 2. The molecule has 0 aromatic rings. The van der Waals surface area contributed by atoms with E-state index < -0.39 is 12.1 Å². The molecule has 6 heteroatoms. The van der Waals surface area contributed by atoms with Gasteiger partial charge in [0.1, 0.15) is 0 Å². The molecule has 0 aliphatic rings. The molecule has 2 unspecified atom stereocenters. The van der Waals surface area contributed by atoms with Crippen molar-refractivity contribution < 1.29 is 24.5 Å². The summed E-state index contributed by atoms with van der Waals surface area (Å²) in [6, 6.07) is -0.648. The van der Waals surface area contributed by atoms with Crippen molar-refractivity contribution in [3.8, 4) is 0 Å². The Hall–Kier alpha value is -1.92. The van der Waals surface area contributed by atoms with Crippen LogP contribution < -0.4 is 5.32 Å². The largest absolute Gasteiger partial charge is 0.466 e. The number of hydrogen-bond donors (Lipinski definition) is 3. The van der Waals surface area contributed by atoms with Crippen molar-refractivity contribution in [1.29, 1.82) is 0 Å². The molecule has 0 aromatic heterocycles. The second kappa shape index (κ2) is 45.8. The number of aliphatic hydroxyl groups excluding tert-OH is 2. The van der Waals surface area contributed by atoms with Crippen molar-refractivity contribution in [3.63, 3.8) is 0 Å². The third kappa shape index (κ3) is 41.7. The first-order valence-corrected chi connectivity index (χ1v) is 24.3. The molecule has 328 valence electrons. The lowest BCUT2D eigenvalue weighted by Gasteiger charge is -2.20. The van der Waals surface area contributed by atoms with Gasteiger partial charge in [0.15, 0.2) is 0 Å². The summed E-state index contributed by atoms with van der Waals surface area (Å²) in [6.45, 7) is 4.80. The van der Waals surface area contributed by atoms with E-state index in [1.54, 1.807) is 6.08 Å². The Morgan fingerprint density at radius 2 is 0.839 bits per heavy atom. The first-order valence-electron chi connectivity index (χ1n) is 24.3. The van der Waals surface area contributed by atoms with Crippen LogP contribution in [0.25, 0.3) is 0 Å². The van der Waals surface area contributed by atoms with Crippen LogP contribution >= 0.6 is 0 Å². The van der Waals surface area contributed by atoms with Gasteiger partial charge in [0.25, 0.3) is 0 Å². The van der Waals surface area contributed by atoms with Crippen molar-refractivity contribution in [2.24, 2.45) is 0 Å². The van der Waals surface area contributed by atoms with E-state index in [-0.39, 0.29) is 18.5 Å². The summed E-state index contributed by atoms with van der Waals surface area (Å²) < 4.78 is 5.42. The van der Waals surface area contributed by atoms with Crippen LogP contribution in [0.4, 0.5) is 0 Å². The van der Waals surface area contributed by atoms with Crippen LogP contribution in [0.5, 0.6) is 0 Å². The predicted octanol–water partition coefficient (Wildman–Crippen LogP) is 14.1. The second-order valence-corrected chi connectivity index (χ2v) is 16.4. The topological polar surface area (TPSA) is 95.9 Å². The minimum absolute atomic E-state index is 0.0419. The molecule has 1 amide bonds. The maximum absolute atomic E-state index is 12.4. The highest BCUT2D eigenvalue weighted by Gasteiger charge is 2.18. The summed E-state index contributed by atoms with van der Waals surface area (Å²) >= 11 is 0. The number of esters is 1. The molecule has 0 aliphatic heterocycles. The Morgan fingerprint density at radius 3 is 1.27 bits per heavy atom. The highest BCUT2D eigenvalue weighted by molar-refractivity contribution is 5.76. The van der Waals surface area contributed by atoms with Crippen LogP contribution in [0.1, 0.15) is 245 Å². The van der Waals surface area contributed by atoms with Gasteiger partial charge in [0.2, 0.25) is 5.91 Å². The van der Waals surface area contributed by atoms with E-state index in [4.69, 9.17) is 4.74 Å². The average molecular weight is 788 g/mol. The van der Waals surface area contributed by atoms with Crippen molar-refractivity contribution >= 4 is 11.9 Å². The molecule has 0 radical (unpaired) electrons. The van der Waals surface area contributed by atoms with E-state index in [1.807, 2.05) is 6.08 Å². The Kier molecular flexibility index (Phi) is 44.2. The molecular weight excluding hydrogens is 695 g/mol. The van der Waals surface area contributed by atoms with Crippen LogP contribution in [0.15, 0.2) is 36.5 Å². The molecule has 0 aliphatic carbocycles. The molecule has 0 aromatic carbocycles. The fraction of sp³-hybridized carbons (Fsp3) is 0.840. The zero-order valence-corrected chi connectivity index (χ0v) is 37.1. The van der Waals surface area contributed by atoms with Gasteiger partial charge >= 0.3 is 5.97 Å². The zero-order valence-electron chi connectivity index (χ0n) is 37.1. The summed E-state index contributed by atoms with van der Waals surface area (Å²) in [5.74, 6) is -0.141. The maximum Gasteiger partial charge on any atom is 0.305 e. The van der Waals surface area contributed by atoms with E-state index in [0.29, 0.717) is 19.4 Å². The van der Waals surface area contributed by atoms with E-state index in [9.17, 15) is 19.8 Å². The highest BCUT2D eigenvalue weighted by Crippen LogP contribution is 2.14. The van der Waals surface area contributed by atoms with Crippen LogP contribution in [0.2, 0.25) is 0 Å². The Balaban J connectivity index is 3.56. The van der Waals surface area contributed by atoms with Crippen molar-refractivity contribution in [1.82, 2.24) is 5.32 Å².